The highest BCUT2D eigenvalue weighted by molar-refractivity contribution is 6.39. The lowest BCUT2D eigenvalue weighted by molar-refractivity contribution is -0.121. The maximum absolute atomic E-state index is 11.9. The first kappa shape index (κ1) is 16.1. The van der Waals surface area contributed by atoms with Crippen molar-refractivity contribution in [3.8, 4) is 0 Å². The van der Waals surface area contributed by atoms with Gasteiger partial charge in [-0.25, -0.2) is 0 Å². The molecule has 0 saturated carbocycles. The number of hydrogen-bond donors (Lipinski definition) is 2. The third-order valence-corrected chi connectivity index (χ3v) is 3.43. The molecule has 1 amide bonds. The summed E-state index contributed by atoms with van der Waals surface area (Å²) in [4.78, 5) is 11.9. The molecular formula is C14H20Cl2N2O. The Morgan fingerprint density at radius 3 is 2.47 bits per heavy atom. The van der Waals surface area contributed by atoms with Crippen LogP contribution in [-0.2, 0) is 4.79 Å². The van der Waals surface area contributed by atoms with Gasteiger partial charge < -0.3 is 10.6 Å². The van der Waals surface area contributed by atoms with Crippen molar-refractivity contribution < 1.29 is 4.79 Å². The molecule has 0 radical (unpaired) electrons. The average molecular weight is 303 g/mol. The van der Waals surface area contributed by atoms with Crippen LogP contribution in [0.25, 0.3) is 0 Å². The number of amides is 1. The zero-order valence-electron chi connectivity index (χ0n) is 11.3. The zero-order chi connectivity index (χ0) is 14.3. The highest BCUT2D eigenvalue weighted by Crippen LogP contribution is 2.30. The number of hydrogen-bond acceptors (Lipinski definition) is 2. The largest absolute Gasteiger partial charge is 0.371 e. The molecule has 0 aliphatic rings. The summed E-state index contributed by atoms with van der Waals surface area (Å²) in [7, 11) is 0. The van der Waals surface area contributed by atoms with E-state index >= 15 is 0 Å². The van der Waals surface area contributed by atoms with E-state index in [-0.39, 0.29) is 11.9 Å². The lowest BCUT2D eigenvalue weighted by Crippen LogP contribution is -2.38. The van der Waals surface area contributed by atoms with Crippen LogP contribution in [0.15, 0.2) is 18.2 Å². The van der Waals surface area contributed by atoms with Crippen molar-refractivity contribution in [3.05, 3.63) is 28.2 Å². The van der Waals surface area contributed by atoms with Crippen molar-refractivity contribution in [2.24, 2.45) is 0 Å². The van der Waals surface area contributed by atoms with Gasteiger partial charge in [0.1, 0.15) is 6.04 Å². The van der Waals surface area contributed by atoms with Gasteiger partial charge in [0.05, 0.1) is 15.7 Å². The van der Waals surface area contributed by atoms with E-state index < -0.39 is 0 Å². The predicted molar refractivity (Wildman–Crippen MR) is 82.1 cm³/mol. The molecule has 0 bridgehead atoms. The van der Waals surface area contributed by atoms with Crippen LogP contribution in [0, 0.1) is 0 Å². The lowest BCUT2D eigenvalue weighted by Gasteiger charge is -2.17. The van der Waals surface area contributed by atoms with E-state index in [1.165, 1.54) is 0 Å². The van der Waals surface area contributed by atoms with Crippen LogP contribution in [-0.4, -0.2) is 18.5 Å². The van der Waals surface area contributed by atoms with Gasteiger partial charge in [-0.3, -0.25) is 4.79 Å². The van der Waals surface area contributed by atoms with Gasteiger partial charge in [0.2, 0.25) is 5.91 Å². The Hall–Kier alpha value is -0.930. The maximum atomic E-state index is 11.9. The van der Waals surface area contributed by atoms with Crippen molar-refractivity contribution in [1.29, 1.82) is 0 Å². The summed E-state index contributed by atoms with van der Waals surface area (Å²) >= 11 is 12.1. The molecule has 0 heterocycles. The number of anilines is 1. The summed E-state index contributed by atoms with van der Waals surface area (Å²) in [5, 5.41) is 6.96. The standard InChI is InChI=1S/C14H20Cl2N2O/c1-3-4-5-9-17-14(19)10(2)18-13-11(15)7-6-8-12(13)16/h6-8,10,18H,3-5,9H2,1-2H3,(H,17,19). The van der Waals surface area contributed by atoms with Gasteiger partial charge in [0.15, 0.2) is 0 Å². The van der Waals surface area contributed by atoms with Crippen LogP contribution in [0.2, 0.25) is 10.0 Å². The summed E-state index contributed by atoms with van der Waals surface area (Å²) in [6, 6.07) is 4.87. The second-order valence-corrected chi connectivity index (χ2v) is 5.28. The van der Waals surface area contributed by atoms with E-state index in [1.54, 1.807) is 25.1 Å². The maximum Gasteiger partial charge on any atom is 0.242 e. The van der Waals surface area contributed by atoms with E-state index in [0.29, 0.717) is 22.3 Å². The van der Waals surface area contributed by atoms with E-state index in [2.05, 4.69) is 17.6 Å². The monoisotopic (exact) mass is 302 g/mol. The minimum absolute atomic E-state index is 0.0490. The number of unbranched alkanes of at least 4 members (excludes halogenated alkanes) is 2. The molecule has 0 spiro atoms. The Balaban J connectivity index is 2.50. The number of halogens is 2. The van der Waals surface area contributed by atoms with Crippen LogP contribution in [0.4, 0.5) is 5.69 Å². The van der Waals surface area contributed by atoms with Gasteiger partial charge in [0, 0.05) is 6.54 Å². The molecular weight excluding hydrogens is 283 g/mol. The van der Waals surface area contributed by atoms with Crippen LogP contribution in [0.3, 0.4) is 0 Å². The van der Waals surface area contributed by atoms with Crippen LogP contribution in [0.1, 0.15) is 33.1 Å². The number of rotatable bonds is 7. The molecule has 5 heteroatoms. The van der Waals surface area contributed by atoms with Gasteiger partial charge in [-0.15, -0.1) is 0 Å². The lowest BCUT2D eigenvalue weighted by atomic mass is 10.2. The van der Waals surface area contributed by atoms with E-state index in [0.717, 1.165) is 19.3 Å². The highest BCUT2D eigenvalue weighted by Gasteiger charge is 2.15. The first-order valence-corrected chi connectivity index (χ1v) is 7.30. The first-order chi connectivity index (χ1) is 9.06. The van der Waals surface area contributed by atoms with Crippen molar-refractivity contribution in [2.75, 3.05) is 11.9 Å². The minimum atomic E-state index is -0.376. The number of carbonyl (C=O) groups is 1. The number of nitrogens with one attached hydrogen (secondary N) is 2. The Bertz CT molecular complexity index is 404. The summed E-state index contributed by atoms with van der Waals surface area (Å²) in [6.45, 7) is 4.62. The highest BCUT2D eigenvalue weighted by atomic mass is 35.5. The van der Waals surface area contributed by atoms with Gasteiger partial charge in [0.25, 0.3) is 0 Å². The Labute approximate surface area is 124 Å². The topological polar surface area (TPSA) is 41.1 Å². The van der Waals surface area contributed by atoms with E-state index in [4.69, 9.17) is 23.2 Å². The van der Waals surface area contributed by atoms with Gasteiger partial charge in [-0.05, 0) is 25.5 Å². The molecule has 1 aromatic carbocycles. The smallest absolute Gasteiger partial charge is 0.242 e. The van der Waals surface area contributed by atoms with Crippen LogP contribution in [0.5, 0.6) is 0 Å². The van der Waals surface area contributed by atoms with Crippen molar-refractivity contribution in [3.63, 3.8) is 0 Å². The minimum Gasteiger partial charge on any atom is -0.371 e. The van der Waals surface area contributed by atoms with Gasteiger partial charge in [-0.1, -0.05) is 49.0 Å². The second kappa shape index (κ2) is 8.28. The SMILES string of the molecule is CCCCCNC(=O)C(C)Nc1c(Cl)cccc1Cl. The Kier molecular flexibility index (Phi) is 7.03. The Morgan fingerprint density at radius 2 is 1.89 bits per heavy atom. The molecule has 1 rings (SSSR count). The van der Waals surface area contributed by atoms with Crippen LogP contribution < -0.4 is 10.6 Å². The molecule has 3 nitrogen and oxygen atoms in total. The molecule has 2 N–H and O–H groups in total. The first-order valence-electron chi connectivity index (χ1n) is 6.54. The molecule has 106 valence electrons. The summed E-state index contributed by atoms with van der Waals surface area (Å²) < 4.78 is 0. The molecule has 19 heavy (non-hydrogen) atoms. The third-order valence-electron chi connectivity index (χ3n) is 2.80. The fourth-order valence-electron chi connectivity index (χ4n) is 1.66. The summed E-state index contributed by atoms with van der Waals surface area (Å²) in [6.07, 6.45) is 3.26. The zero-order valence-corrected chi connectivity index (χ0v) is 12.8. The summed E-state index contributed by atoms with van der Waals surface area (Å²) in [5.41, 5.74) is 0.599. The predicted octanol–water partition coefficient (Wildman–Crippen LogP) is 4.10. The Morgan fingerprint density at radius 1 is 1.26 bits per heavy atom. The number of carbonyl (C=O) groups excluding carboxylic acids is 1. The second-order valence-electron chi connectivity index (χ2n) is 4.46. The van der Waals surface area contributed by atoms with E-state index in [9.17, 15) is 4.79 Å². The number of para-hydroxylation sites is 1. The molecule has 0 aliphatic carbocycles. The van der Waals surface area contributed by atoms with Gasteiger partial charge >= 0.3 is 0 Å². The van der Waals surface area contributed by atoms with Crippen molar-refractivity contribution in [1.82, 2.24) is 5.32 Å². The number of benzene rings is 1. The average Bonchev–Trinajstić information content (AvgIpc) is 2.38. The molecule has 0 aliphatic heterocycles. The third kappa shape index (κ3) is 5.29. The molecule has 0 fully saturated rings. The fourth-order valence-corrected chi connectivity index (χ4v) is 2.16. The van der Waals surface area contributed by atoms with Crippen molar-refractivity contribution in [2.45, 2.75) is 39.2 Å². The van der Waals surface area contributed by atoms with Crippen LogP contribution >= 0.6 is 23.2 Å². The van der Waals surface area contributed by atoms with Gasteiger partial charge in [-0.2, -0.15) is 0 Å². The fraction of sp³-hybridized carbons (Fsp3) is 0.500. The van der Waals surface area contributed by atoms with Crippen molar-refractivity contribution >= 4 is 34.8 Å². The quantitative estimate of drug-likeness (QED) is 0.745. The molecule has 1 unspecified atom stereocenters. The molecule has 1 aromatic rings. The van der Waals surface area contributed by atoms with E-state index in [1.807, 2.05) is 0 Å². The summed E-state index contributed by atoms with van der Waals surface area (Å²) in [5.74, 6) is -0.0490. The molecule has 0 saturated heterocycles. The normalized spacial score (nSPS) is 12.0. The molecule has 0 aromatic heterocycles. The molecule has 1 atom stereocenters.